The summed E-state index contributed by atoms with van der Waals surface area (Å²) in [4.78, 5) is 10.9. The van der Waals surface area contributed by atoms with E-state index in [4.69, 9.17) is 10.8 Å². The molecule has 0 heterocycles. The molecule has 1 aromatic rings. The van der Waals surface area contributed by atoms with E-state index in [2.05, 4.69) is 15.9 Å². The third-order valence-electron chi connectivity index (χ3n) is 1.98. The van der Waals surface area contributed by atoms with E-state index in [1.54, 1.807) is 12.1 Å². The molecule has 76 valence electrons. The lowest BCUT2D eigenvalue weighted by molar-refractivity contribution is -0.143. The third kappa shape index (κ3) is 1.73. The normalized spacial score (nSPS) is 14.8. The van der Waals surface area contributed by atoms with Crippen LogP contribution in [0.15, 0.2) is 22.7 Å². The maximum Gasteiger partial charge on any atom is 0.328 e. The molecule has 14 heavy (non-hydrogen) atoms. The maximum absolute atomic E-state index is 10.9. The molecule has 0 amide bonds. The molecule has 0 radical (unpaired) electrons. The topological polar surface area (TPSA) is 83.6 Å². The van der Waals surface area contributed by atoms with E-state index in [1.807, 2.05) is 0 Å². The molecule has 4 N–H and O–H groups in total. The summed E-state index contributed by atoms with van der Waals surface area (Å²) in [6.07, 6.45) is 0. The van der Waals surface area contributed by atoms with Gasteiger partial charge in [0.05, 0.1) is 4.47 Å². The SMILES string of the molecule is C[C@](N)(C(=O)O)c1cccc(O)c1Br. The van der Waals surface area contributed by atoms with E-state index >= 15 is 0 Å². The number of phenols is 1. The number of carbonyl (C=O) groups is 1. The molecule has 0 aliphatic carbocycles. The number of carboxylic acids is 1. The van der Waals surface area contributed by atoms with Crippen LogP contribution in [0.2, 0.25) is 0 Å². The molecule has 1 atom stereocenters. The number of halogens is 1. The van der Waals surface area contributed by atoms with Crippen molar-refractivity contribution < 1.29 is 15.0 Å². The van der Waals surface area contributed by atoms with Gasteiger partial charge in [-0.3, -0.25) is 0 Å². The number of benzene rings is 1. The van der Waals surface area contributed by atoms with Crippen molar-refractivity contribution in [3.05, 3.63) is 28.2 Å². The summed E-state index contributed by atoms with van der Waals surface area (Å²) in [6.45, 7) is 1.37. The molecule has 0 saturated carbocycles. The molecule has 5 heteroatoms. The van der Waals surface area contributed by atoms with Crippen molar-refractivity contribution in [1.29, 1.82) is 0 Å². The Morgan fingerprint density at radius 1 is 1.57 bits per heavy atom. The minimum atomic E-state index is -1.52. The second kappa shape index (κ2) is 3.59. The monoisotopic (exact) mass is 259 g/mol. The summed E-state index contributed by atoms with van der Waals surface area (Å²) in [5.41, 5.74) is 4.43. The number of aromatic hydroxyl groups is 1. The van der Waals surface area contributed by atoms with Crippen molar-refractivity contribution in [2.24, 2.45) is 5.73 Å². The number of hydrogen-bond donors (Lipinski definition) is 3. The fraction of sp³-hybridized carbons (Fsp3) is 0.222. The van der Waals surface area contributed by atoms with Crippen molar-refractivity contribution in [2.45, 2.75) is 12.5 Å². The van der Waals surface area contributed by atoms with Gasteiger partial charge >= 0.3 is 5.97 Å². The van der Waals surface area contributed by atoms with Crippen LogP contribution in [0.25, 0.3) is 0 Å². The van der Waals surface area contributed by atoms with E-state index < -0.39 is 11.5 Å². The van der Waals surface area contributed by atoms with E-state index in [0.29, 0.717) is 10.0 Å². The standard InChI is InChI=1S/C9H10BrNO3/c1-9(11,8(13)14)5-3-2-4-6(12)7(5)10/h2-4,12H,11H2,1H3,(H,13,14)/t9-/m1/s1. The Kier molecular flexibility index (Phi) is 2.82. The zero-order valence-corrected chi connectivity index (χ0v) is 9.08. The Bertz CT molecular complexity index is 376. The molecule has 0 saturated heterocycles. The van der Waals surface area contributed by atoms with Crippen LogP contribution < -0.4 is 5.73 Å². The highest BCUT2D eigenvalue weighted by molar-refractivity contribution is 9.10. The first-order chi connectivity index (χ1) is 6.37. The van der Waals surface area contributed by atoms with Crippen molar-refractivity contribution in [3.63, 3.8) is 0 Å². The van der Waals surface area contributed by atoms with Gasteiger partial charge in [-0.05, 0) is 28.9 Å². The minimum absolute atomic E-state index is 0.0274. The first-order valence-corrected chi connectivity index (χ1v) is 4.67. The highest BCUT2D eigenvalue weighted by Gasteiger charge is 2.32. The van der Waals surface area contributed by atoms with Gasteiger partial charge in [-0.25, -0.2) is 4.79 Å². The molecule has 0 aliphatic rings. The van der Waals surface area contributed by atoms with Gasteiger partial charge in [0.15, 0.2) is 0 Å². The van der Waals surface area contributed by atoms with Crippen LogP contribution in [0.4, 0.5) is 0 Å². The minimum Gasteiger partial charge on any atom is -0.507 e. The van der Waals surface area contributed by atoms with Gasteiger partial charge in [-0.1, -0.05) is 12.1 Å². The Morgan fingerprint density at radius 3 is 2.64 bits per heavy atom. The van der Waals surface area contributed by atoms with Gasteiger partial charge < -0.3 is 15.9 Å². The second-order valence-corrected chi connectivity index (χ2v) is 3.94. The molecule has 1 aromatic carbocycles. The number of rotatable bonds is 2. The average molecular weight is 260 g/mol. The van der Waals surface area contributed by atoms with Gasteiger partial charge in [0, 0.05) is 5.56 Å². The predicted molar refractivity (Wildman–Crippen MR) is 55.0 cm³/mol. The number of phenolic OH excluding ortho intramolecular Hbond substituents is 1. The van der Waals surface area contributed by atoms with Crippen molar-refractivity contribution >= 4 is 21.9 Å². The van der Waals surface area contributed by atoms with E-state index in [-0.39, 0.29) is 5.75 Å². The summed E-state index contributed by atoms with van der Waals surface area (Å²) in [5, 5.41) is 18.2. The van der Waals surface area contributed by atoms with E-state index in [0.717, 1.165) is 0 Å². The maximum atomic E-state index is 10.9. The first kappa shape index (κ1) is 11.0. The molecule has 0 spiro atoms. The van der Waals surface area contributed by atoms with E-state index in [9.17, 15) is 9.90 Å². The lowest BCUT2D eigenvalue weighted by atomic mass is 9.93. The summed E-state index contributed by atoms with van der Waals surface area (Å²) in [6, 6.07) is 4.55. The summed E-state index contributed by atoms with van der Waals surface area (Å²) < 4.78 is 0.312. The van der Waals surface area contributed by atoms with Crippen molar-refractivity contribution in [1.82, 2.24) is 0 Å². The molecule has 0 aromatic heterocycles. The molecular formula is C9H10BrNO3. The van der Waals surface area contributed by atoms with Crippen LogP contribution in [0.1, 0.15) is 12.5 Å². The molecular weight excluding hydrogens is 250 g/mol. The average Bonchev–Trinajstić information content (AvgIpc) is 2.09. The quantitative estimate of drug-likeness (QED) is 0.750. The van der Waals surface area contributed by atoms with Crippen LogP contribution in [0, 0.1) is 0 Å². The van der Waals surface area contributed by atoms with Gasteiger partial charge in [-0.15, -0.1) is 0 Å². The third-order valence-corrected chi connectivity index (χ3v) is 2.82. The van der Waals surface area contributed by atoms with E-state index in [1.165, 1.54) is 13.0 Å². The van der Waals surface area contributed by atoms with Gasteiger partial charge in [0.2, 0.25) is 0 Å². The van der Waals surface area contributed by atoms with Crippen LogP contribution in [-0.4, -0.2) is 16.2 Å². The molecule has 0 fully saturated rings. The Hall–Kier alpha value is -1.07. The van der Waals surface area contributed by atoms with Gasteiger partial charge in [0.25, 0.3) is 0 Å². The summed E-state index contributed by atoms with van der Waals surface area (Å²) in [7, 11) is 0. The fourth-order valence-electron chi connectivity index (χ4n) is 1.04. The number of nitrogens with two attached hydrogens (primary N) is 1. The highest BCUT2D eigenvalue weighted by atomic mass is 79.9. The van der Waals surface area contributed by atoms with Crippen molar-refractivity contribution in [2.75, 3.05) is 0 Å². The number of aliphatic carboxylic acids is 1. The van der Waals surface area contributed by atoms with Crippen LogP contribution in [0.3, 0.4) is 0 Å². The molecule has 0 aliphatic heterocycles. The zero-order valence-electron chi connectivity index (χ0n) is 7.49. The summed E-state index contributed by atoms with van der Waals surface area (Å²) in [5.74, 6) is -1.18. The molecule has 0 bridgehead atoms. The second-order valence-electron chi connectivity index (χ2n) is 3.15. The predicted octanol–water partition coefficient (Wildman–Crippen LogP) is 1.41. The van der Waals surface area contributed by atoms with Crippen LogP contribution in [0.5, 0.6) is 5.75 Å². The van der Waals surface area contributed by atoms with Crippen molar-refractivity contribution in [3.8, 4) is 5.75 Å². The highest BCUT2D eigenvalue weighted by Crippen LogP contribution is 2.33. The lowest BCUT2D eigenvalue weighted by Gasteiger charge is -2.21. The Labute approximate surface area is 89.5 Å². The molecule has 4 nitrogen and oxygen atoms in total. The smallest absolute Gasteiger partial charge is 0.328 e. The zero-order chi connectivity index (χ0) is 10.9. The molecule has 1 rings (SSSR count). The van der Waals surface area contributed by atoms with Gasteiger partial charge in [-0.2, -0.15) is 0 Å². The molecule has 0 unspecified atom stereocenters. The number of carboxylic acid groups (broad SMARTS) is 1. The Balaban J connectivity index is 3.33. The van der Waals surface area contributed by atoms with Crippen LogP contribution in [-0.2, 0) is 10.3 Å². The largest absolute Gasteiger partial charge is 0.507 e. The fourth-order valence-corrected chi connectivity index (χ4v) is 1.71. The first-order valence-electron chi connectivity index (χ1n) is 3.87. The lowest BCUT2D eigenvalue weighted by Crippen LogP contribution is -2.41. The summed E-state index contributed by atoms with van der Waals surface area (Å²) >= 11 is 3.09. The number of hydrogen-bond acceptors (Lipinski definition) is 3. The Morgan fingerprint density at radius 2 is 2.14 bits per heavy atom. The van der Waals surface area contributed by atoms with Crippen LogP contribution >= 0.6 is 15.9 Å². The van der Waals surface area contributed by atoms with Gasteiger partial charge in [0.1, 0.15) is 11.3 Å².